The molecule has 6 nitrogen and oxygen atoms in total. The van der Waals surface area contributed by atoms with E-state index in [2.05, 4.69) is 38.0 Å². The molecule has 0 fully saturated rings. The van der Waals surface area contributed by atoms with Crippen LogP contribution in [0, 0.1) is 6.92 Å². The first kappa shape index (κ1) is 14.1. The zero-order valence-electron chi connectivity index (χ0n) is 13.3. The van der Waals surface area contributed by atoms with Gasteiger partial charge in [0, 0.05) is 26.2 Å². The molecule has 0 atom stereocenters. The molecule has 0 aliphatic carbocycles. The van der Waals surface area contributed by atoms with Crippen molar-refractivity contribution in [3.05, 3.63) is 59.7 Å². The second-order valence-corrected chi connectivity index (χ2v) is 6.05. The Morgan fingerprint density at radius 1 is 1.13 bits per heavy atom. The van der Waals surface area contributed by atoms with E-state index >= 15 is 0 Å². The van der Waals surface area contributed by atoms with Gasteiger partial charge in [-0.2, -0.15) is 5.10 Å². The smallest absolute Gasteiger partial charge is 0.0971 e. The van der Waals surface area contributed by atoms with Crippen LogP contribution in [-0.2, 0) is 19.6 Å². The minimum absolute atomic E-state index is 0.817. The summed E-state index contributed by atoms with van der Waals surface area (Å²) >= 11 is 0. The number of fused-ring (bicyclic) bond motifs is 1. The molecule has 0 bridgehead atoms. The van der Waals surface area contributed by atoms with Crippen molar-refractivity contribution in [2.45, 2.75) is 33.0 Å². The van der Waals surface area contributed by atoms with Gasteiger partial charge in [-0.15, -0.1) is 5.10 Å². The third kappa shape index (κ3) is 3.03. The Morgan fingerprint density at radius 3 is 2.87 bits per heavy atom. The summed E-state index contributed by atoms with van der Waals surface area (Å²) in [4.78, 5) is 2.42. The highest BCUT2D eigenvalue weighted by atomic mass is 15.4. The largest absolute Gasteiger partial charge is 0.292 e. The summed E-state index contributed by atoms with van der Waals surface area (Å²) in [5, 5.41) is 13.1. The van der Waals surface area contributed by atoms with E-state index in [-0.39, 0.29) is 0 Å². The first-order valence-electron chi connectivity index (χ1n) is 8.00. The lowest BCUT2D eigenvalue weighted by Crippen LogP contribution is -2.23. The number of para-hydroxylation sites is 1. The summed E-state index contributed by atoms with van der Waals surface area (Å²) in [6.07, 6.45) is 3.13. The first-order chi connectivity index (χ1) is 11.3. The van der Waals surface area contributed by atoms with Crippen LogP contribution in [0.25, 0.3) is 5.69 Å². The maximum Gasteiger partial charge on any atom is 0.0971 e. The van der Waals surface area contributed by atoms with Crippen molar-refractivity contribution in [2.75, 3.05) is 6.54 Å². The molecule has 1 aliphatic rings. The quantitative estimate of drug-likeness (QED) is 0.744. The average Bonchev–Trinajstić information content (AvgIpc) is 3.11. The van der Waals surface area contributed by atoms with Gasteiger partial charge in [-0.05, 0) is 31.5 Å². The van der Waals surface area contributed by atoms with Crippen molar-refractivity contribution in [3.63, 3.8) is 0 Å². The Kier molecular flexibility index (Phi) is 3.67. The van der Waals surface area contributed by atoms with Gasteiger partial charge in [-0.1, -0.05) is 23.4 Å². The minimum Gasteiger partial charge on any atom is -0.292 e. The summed E-state index contributed by atoms with van der Waals surface area (Å²) in [6.45, 7) is 5.84. The lowest BCUT2D eigenvalue weighted by molar-refractivity contribution is 0.258. The Balaban J connectivity index is 1.49. The Hall–Kier alpha value is -2.47. The maximum absolute atomic E-state index is 4.55. The molecule has 2 aromatic heterocycles. The molecule has 23 heavy (non-hydrogen) atoms. The standard InChI is InChI=1S/C17H20N6/c1-14-10-17-13-21(8-5-9-22(17)19-14)11-15-12-23(20-18-15)16-6-3-2-4-7-16/h2-4,6-7,10,12H,5,8-9,11,13H2,1H3. The summed E-state index contributed by atoms with van der Waals surface area (Å²) < 4.78 is 3.97. The van der Waals surface area contributed by atoms with Crippen LogP contribution in [0.5, 0.6) is 0 Å². The van der Waals surface area contributed by atoms with Crippen LogP contribution in [0.15, 0.2) is 42.6 Å². The van der Waals surface area contributed by atoms with Gasteiger partial charge in [0.1, 0.15) is 0 Å². The van der Waals surface area contributed by atoms with Gasteiger partial charge >= 0.3 is 0 Å². The van der Waals surface area contributed by atoms with Crippen LogP contribution in [0.4, 0.5) is 0 Å². The molecule has 0 spiro atoms. The van der Waals surface area contributed by atoms with Gasteiger partial charge in [0.2, 0.25) is 0 Å². The Morgan fingerprint density at radius 2 is 2.00 bits per heavy atom. The fraction of sp³-hybridized carbons (Fsp3) is 0.353. The zero-order valence-corrected chi connectivity index (χ0v) is 13.3. The molecule has 0 radical (unpaired) electrons. The highest BCUT2D eigenvalue weighted by Crippen LogP contribution is 2.15. The molecule has 4 rings (SSSR count). The van der Waals surface area contributed by atoms with Gasteiger partial charge in [-0.25, -0.2) is 4.68 Å². The van der Waals surface area contributed by atoms with Crippen LogP contribution in [0.3, 0.4) is 0 Å². The summed E-state index contributed by atoms with van der Waals surface area (Å²) in [7, 11) is 0. The third-order valence-corrected chi connectivity index (χ3v) is 4.16. The highest BCUT2D eigenvalue weighted by Gasteiger charge is 2.17. The molecule has 0 saturated heterocycles. The molecule has 118 valence electrons. The molecular weight excluding hydrogens is 288 g/mol. The van der Waals surface area contributed by atoms with Crippen LogP contribution in [0.1, 0.15) is 23.5 Å². The first-order valence-corrected chi connectivity index (χ1v) is 8.00. The van der Waals surface area contributed by atoms with Crippen molar-refractivity contribution in [3.8, 4) is 5.69 Å². The Labute approximate surface area is 135 Å². The van der Waals surface area contributed by atoms with Gasteiger partial charge in [-0.3, -0.25) is 9.58 Å². The average molecular weight is 308 g/mol. The molecule has 1 aliphatic heterocycles. The van der Waals surface area contributed by atoms with Crippen molar-refractivity contribution in [1.82, 2.24) is 29.7 Å². The van der Waals surface area contributed by atoms with E-state index in [1.807, 2.05) is 41.2 Å². The van der Waals surface area contributed by atoms with E-state index in [1.165, 1.54) is 5.69 Å². The molecule has 0 amide bonds. The normalized spacial score (nSPS) is 15.3. The van der Waals surface area contributed by atoms with Gasteiger partial charge < -0.3 is 0 Å². The predicted octanol–water partition coefficient (Wildman–Crippen LogP) is 2.18. The van der Waals surface area contributed by atoms with Gasteiger partial charge in [0.25, 0.3) is 0 Å². The number of nitrogens with zero attached hydrogens (tertiary/aromatic N) is 6. The third-order valence-electron chi connectivity index (χ3n) is 4.16. The van der Waals surface area contributed by atoms with E-state index in [4.69, 9.17) is 0 Å². The van der Waals surface area contributed by atoms with Crippen LogP contribution < -0.4 is 0 Å². The zero-order chi connectivity index (χ0) is 15.6. The van der Waals surface area contributed by atoms with Crippen molar-refractivity contribution < 1.29 is 0 Å². The van der Waals surface area contributed by atoms with E-state index in [0.29, 0.717) is 0 Å². The topological polar surface area (TPSA) is 51.8 Å². The second-order valence-electron chi connectivity index (χ2n) is 6.05. The molecule has 3 heterocycles. The molecule has 0 saturated carbocycles. The molecule has 0 N–H and O–H groups in total. The van der Waals surface area contributed by atoms with Crippen LogP contribution in [-0.4, -0.2) is 36.2 Å². The maximum atomic E-state index is 4.55. The number of aromatic nitrogens is 5. The molecule has 0 unspecified atom stereocenters. The van der Waals surface area contributed by atoms with E-state index < -0.39 is 0 Å². The SMILES string of the molecule is Cc1cc2n(n1)CCCN(Cc1cn(-c3ccccc3)nn1)C2. The fourth-order valence-corrected chi connectivity index (χ4v) is 3.11. The number of aryl methyl sites for hydroxylation is 2. The fourth-order valence-electron chi connectivity index (χ4n) is 3.11. The van der Waals surface area contributed by atoms with Gasteiger partial charge in [0.05, 0.1) is 29.0 Å². The molecular formula is C17H20N6. The van der Waals surface area contributed by atoms with E-state index in [0.717, 1.165) is 49.7 Å². The van der Waals surface area contributed by atoms with Crippen molar-refractivity contribution >= 4 is 0 Å². The van der Waals surface area contributed by atoms with Crippen LogP contribution >= 0.6 is 0 Å². The summed E-state index contributed by atoms with van der Waals surface area (Å²) in [5.41, 5.74) is 4.42. The van der Waals surface area contributed by atoms with E-state index in [9.17, 15) is 0 Å². The molecule has 3 aromatic rings. The van der Waals surface area contributed by atoms with Crippen molar-refractivity contribution in [1.29, 1.82) is 0 Å². The summed E-state index contributed by atoms with van der Waals surface area (Å²) in [6, 6.07) is 12.3. The lowest BCUT2D eigenvalue weighted by atomic mass is 10.3. The number of hydrogen-bond acceptors (Lipinski definition) is 4. The van der Waals surface area contributed by atoms with Crippen LogP contribution in [0.2, 0.25) is 0 Å². The number of benzene rings is 1. The number of hydrogen-bond donors (Lipinski definition) is 0. The second kappa shape index (κ2) is 5.96. The van der Waals surface area contributed by atoms with Crippen molar-refractivity contribution in [2.24, 2.45) is 0 Å². The predicted molar refractivity (Wildman–Crippen MR) is 87.1 cm³/mol. The minimum atomic E-state index is 0.817. The lowest BCUT2D eigenvalue weighted by Gasteiger charge is -2.17. The van der Waals surface area contributed by atoms with E-state index in [1.54, 1.807) is 0 Å². The molecule has 1 aromatic carbocycles. The highest BCUT2D eigenvalue weighted by molar-refractivity contribution is 5.29. The monoisotopic (exact) mass is 308 g/mol. The number of rotatable bonds is 3. The Bertz CT molecular complexity index is 789. The summed E-state index contributed by atoms with van der Waals surface area (Å²) in [5.74, 6) is 0. The molecule has 6 heteroatoms. The van der Waals surface area contributed by atoms with Gasteiger partial charge in [0.15, 0.2) is 0 Å².